The van der Waals surface area contributed by atoms with Crippen molar-refractivity contribution >= 4 is 23.2 Å². The number of hydrogen-bond acceptors (Lipinski definition) is 4. The fourth-order valence-electron chi connectivity index (χ4n) is 3.16. The Labute approximate surface area is 148 Å². The third-order valence-electron chi connectivity index (χ3n) is 4.50. The Morgan fingerprint density at radius 2 is 2.17 bits per heavy atom. The molecule has 2 atom stereocenters. The highest BCUT2D eigenvalue weighted by molar-refractivity contribution is 6.32. The Kier molecular flexibility index (Phi) is 6.90. The van der Waals surface area contributed by atoms with Crippen LogP contribution in [0.25, 0.3) is 0 Å². The Balaban J connectivity index is 2.04. The number of carbonyl (C=O) groups excluding carboxylic acids is 1. The highest BCUT2D eigenvalue weighted by atomic mass is 35.5. The first-order chi connectivity index (χ1) is 11.5. The summed E-state index contributed by atoms with van der Waals surface area (Å²) in [5.41, 5.74) is -0.114. The number of anilines is 1. The molecule has 0 unspecified atom stereocenters. The maximum atomic E-state index is 12.7. The summed E-state index contributed by atoms with van der Waals surface area (Å²) in [6, 6.07) is 5.22. The minimum absolute atomic E-state index is 0.110. The molecule has 1 fully saturated rings. The van der Waals surface area contributed by atoms with Gasteiger partial charge in [-0.2, -0.15) is 0 Å². The Morgan fingerprint density at radius 1 is 1.38 bits per heavy atom. The van der Waals surface area contributed by atoms with Crippen LogP contribution in [0.2, 0.25) is 5.02 Å². The average Bonchev–Trinajstić information content (AvgIpc) is 2.56. The summed E-state index contributed by atoms with van der Waals surface area (Å²) in [5.74, 6) is 0.935. The Hall–Kier alpha value is -1.30. The Bertz CT molecular complexity index is 566. The van der Waals surface area contributed by atoms with E-state index in [1.807, 2.05) is 0 Å². The SMILES string of the molecule is COCCOc1ccc(NC(=O)[C@@]2(OC)CCC[C@H](C)C2)cc1Cl. The van der Waals surface area contributed by atoms with E-state index in [1.165, 1.54) is 0 Å². The summed E-state index contributed by atoms with van der Waals surface area (Å²) in [6.07, 6.45) is 3.61. The van der Waals surface area contributed by atoms with E-state index >= 15 is 0 Å². The molecule has 134 valence electrons. The number of halogens is 1. The third kappa shape index (κ3) is 4.62. The summed E-state index contributed by atoms with van der Waals surface area (Å²) in [6.45, 7) is 3.07. The number of methoxy groups -OCH3 is 2. The van der Waals surface area contributed by atoms with Crippen LogP contribution in [0, 0.1) is 5.92 Å². The quantitative estimate of drug-likeness (QED) is 0.754. The molecule has 24 heavy (non-hydrogen) atoms. The van der Waals surface area contributed by atoms with Crippen LogP contribution >= 0.6 is 11.6 Å². The second-order valence-corrected chi connectivity index (χ2v) is 6.75. The second kappa shape index (κ2) is 8.70. The van der Waals surface area contributed by atoms with Crippen LogP contribution in [0.1, 0.15) is 32.6 Å². The maximum Gasteiger partial charge on any atom is 0.256 e. The highest BCUT2D eigenvalue weighted by Gasteiger charge is 2.42. The van der Waals surface area contributed by atoms with Crippen LogP contribution < -0.4 is 10.1 Å². The number of carbonyl (C=O) groups is 1. The molecule has 0 heterocycles. The van der Waals surface area contributed by atoms with Crippen LogP contribution in [0.3, 0.4) is 0 Å². The van der Waals surface area contributed by atoms with Crippen molar-refractivity contribution in [3.8, 4) is 5.75 Å². The van der Waals surface area contributed by atoms with E-state index < -0.39 is 5.60 Å². The van der Waals surface area contributed by atoms with Crippen molar-refractivity contribution in [1.29, 1.82) is 0 Å². The van der Waals surface area contributed by atoms with Gasteiger partial charge in [0.1, 0.15) is 18.0 Å². The summed E-state index contributed by atoms with van der Waals surface area (Å²) in [4.78, 5) is 12.7. The lowest BCUT2D eigenvalue weighted by Gasteiger charge is -2.37. The fourth-order valence-corrected chi connectivity index (χ4v) is 3.40. The molecule has 0 radical (unpaired) electrons. The van der Waals surface area contributed by atoms with E-state index in [4.69, 9.17) is 25.8 Å². The van der Waals surface area contributed by atoms with E-state index in [9.17, 15) is 4.79 Å². The monoisotopic (exact) mass is 355 g/mol. The molecule has 1 aliphatic rings. The number of amides is 1. The zero-order valence-corrected chi connectivity index (χ0v) is 15.3. The first-order valence-corrected chi connectivity index (χ1v) is 8.66. The minimum Gasteiger partial charge on any atom is -0.490 e. The van der Waals surface area contributed by atoms with Crippen LogP contribution in [-0.2, 0) is 14.3 Å². The molecule has 0 aromatic heterocycles. The van der Waals surface area contributed by atoms with Crippen LogP contribution in [0.15, 0.2) is 18.2 Å². The van der Waals surface area contributed by atoms with Gasteiger partial charge in [0.25, 0.3) is 5.91 Å². The van der Waals surface area contributed by atoms with Gasteiger partial charge in [-0.15, -0.1) is 0 Å². The lowest BCUT2D eigenvalue weighted by Crippen LogP contribution is -2.47. The van der Waals surface area contributed by atoms with Crippen LogP contribution in [-0.4, -0.2) is 38.9 Å². The van der Waals surface area contributed by atoms with Gasteiger partial charge in [0, 0.05) is 19.9 Å². The summed E-state index contributed by atoms with van der Waals surface area (Å²) in [5, 5.41) is 3.38. The summed E-state index contributed by atoms with van der Waals surface area (Å²) in [7, 11) is 3.22. The Morgan fingerprint density at radius 3 is 2.79 bits per heavy atom. The van der Waals surface area contributed by atoms with Gasteiger partial charge in [0.05, 0.1) is 11.6 Å². The molecular weight excluding hydrogens is 330 g/mol. The molecule has 0 saturated heterocycles. The number of nitrogens with one attached hydrogen (secondary N) is 1. The first-order valence-electron chi connectivity index (χ1n) is 8.28. The molecule has 1 saturated carbocycles. The molecule has 6 heteroatoms. The number of rotatable bonds is 7. The summed E-state index contributed by atoms with van der Waals surface area (Å²) < 4.78 is 16.1. The zero-order valence-electron chi connectivity index (χ0n) is 14.6. The fraction of sp³-hybridized carbons (Fsp3) is 0.611. The molecular formula is C18H26ClNO4. The molecule has 1 aliphatic carbocycles. The molecule has 0 bridgehead atoms. The largest absolute Gasteiger partial charge is 0.490 e. The topological polar surface area (TPSA) is 56.8 Å². The van der Waals surface area contributed by atoms with Crippen molar-refractivity contribution in [1.82, 2.24) is 0 Å². The second-order valence-electron chi connectivity index (χ2n) is 6.34. The van der Waals surface area contributed by atoms with Crippen molar-refractivity contribution in [3.63, 3.8) is 0 Å². The van der Waals surface area contributed by atoms with Gasteiger partial charge in [-0.3, -0.25) is 4.79 Å². The third-order valence-corrected chi connectivity index (χ3v) is 4.79. The summed E-state index contributed by atoms with van der Waals surface area (Å²) >= 11 is 6.22. The van der Waals surface area contributed by atoms with Crippen molar-refractivity contribution in [3.05, 3.63) is 23.2 Å². The van der Waals surface area contributed by atoms with Gasteiger partial charge in [-0.1, -0.05) is 24.9 Å². The first kappa shape index (κ1) is 19.0. The zero-order chi connectivity index (χ0) is 17.6. The van der Waals surface area contributed by atoms with Crippen molar-refractivity contribution in [2.24, 2.45) is 5.92 Å². The normalized spacial score (nSPS) is 23.8. The van der Waals surface area contributed by atoms with E-state index in [1.54, 1.807) is 32.4 Å². The van der Waals surface area contributed by atoms with Crippen LogP contribution in [0.4, 0.5) is 5.69 Å². The van der Waals surface area contributed by atoms with Gasteiger partial charge in [-0.05, 0) is 43.4 Å². The van der Waals surface area contributed by atoms with Gasteiger partial charge >= 0.3 is 0 Å². The molecule has 5 nitrogen and oxygen atoms in total. The molecule has 1 aromatic rings. The number of hydrogen-bond donors (Lipinski definition) is 1. The molecule has 1 amide bonds. The van der Waals surface area contributed by atoms with Crippen LogP contribution in [0.5, 0.6) is 5.75 Å². The average molecular weight is 356 g/mol. The number of ether oxygens (including phenoxy) is 3. The predicted molar refractivity (Wildman–Crippen MR) is 94.8 cm³/mol. The van der Waals surface area contributed by atoms with E-state index in [2.05, 4.69) is 12.2 Å². The van der Waals surface area contributed by atoms with E-state index in [0.717, 1.165) is 25.7 Å². The molecule has 1 aromatic carbocycles. The molecule has 0 aliphatic heterocycles. The van der Waals surface area contributed by atoms with E-state index in [-0.39, 0.29) is 5.91 Å². The molecule has 0 spiro atoms. The number of benzene rings is 1. The maximum absolute atomic E-state index is 12.7. The minimum atomic E-state index is -0.752. The standard InChI is InChI=1S/C18H26ClNO4/c1-13-5-4-8-18(12-13,23-3)17(21)20-14-6-7-16(15(19)11-14)24-10-9-22-2/h6-7,11,13H,4-5,8-10,12H2,1-3H3,(H,20,21)/t13-,18+/m0/s1. The van der Waals surface area contributed by atoms with Gasteiger partial charge in [0.2, 0.25) is 0 Å². The lowest BCUT2D eigenvalue weighted by atomic mass is 9.78. The van der Waals surface area contributed by atoms with Gasteiger partial charge in [0.15, 0.2) is 0 Å². The molecule has 1 N–H and O–H groups in total. The smallest absolute Gasteiger partial charge is 0.256 e. The highest BCUT2D eigenvalue weighted by Crippen LogP contribution is 2.36. The van der Waals surface area contributed by atoms with Crippen molar-refractivity contribution in [2.75, 3.05) is 32.8 Å². The van der Waals surface area contributed by atoms with E-state index in [0.29, 0.717) is 35.6 Å². The van der Waals surface area contributed by atoms with Crippen molar-refractivity contribution < 1.29 is 19.0 Å². The van der Waals surface area contributed by atoms with Gasteiger partial charge in [-0.25, -0.2) is 0 Å². The van der Waals surface area contributed by atoms with Crippen molar-refractivity contribution in [2.45, 2.75) is 38.2 Å². The lowest BCUT2D eigenvalue weighted by molar-refractivity contribution is -0.143. The predicted octanol–water partition coefficient (Wildman–Crippen LogP) is 3.90. The molecule has 2 rings (SSSR count). The van der Waals surface area contributed by atoms with Gasteiger partial charge < -0.3 is 19.5 Å².